The monoisotopic (exact) mass is 415 g/mol. The zero-order valence-electron chi connectivity index (χ0n) is 14.6. The van der Waals surface area contributed by atoms with E-state index >= 15 is 0 Å². The molecule has 142 valence electrons. The number of para-hydroxylation sites is 1. The Labute approximate surface area is 169 Å². The number of nitrogens with zero attached hydrogens (tertiary/aromatic N) is 1. The van der Waals surface area contributed by atoms with Gasteiger partial charge in [0.25, 0.3) is 5.91 Å². The summed E-state index contributed by atoms with van der Waals surface area (Å²) >= 11 is 7.36. The van der Waals surface area contributed by atoms with E-state index in [1.165, 1.54) is 28.4 Å². The van der Waals surface area contributed by atoms with E-state index in [1.54, 1.807) is 47.8 Å². The van der Waals surface area contributed by atoms with Crippen LogP contribution in [0.3, 0.4) is 0 Å². The number of carbonyl (C=O) groups is 2. The molecular formula is C21H15ClFNO3S. The number of ketones is 1. The Balaban J connectivity index is 1.73. The van der Waals surface area contributed by atoms with E-state index < -0.39 is 17.3 Å². The normalized spacial score (nSPS) is 18.4. The Morgan fingerprint density at radius 1 is 1.14 bits per heavy atom. The molecule has 0 aliphatic carbocycles. The van der Waals surface area contributed by atoms with Gasteiger partial charge in [0.05, 0.1) is 23.5 Å². The number of hydrogen-bond donors (Lipinski definition) is 1. The molecular weight excluding hydrogens is 401 g/mol. The van der Waals surface area contributed by atoms with Crippen molar-refractivity contribution in [3.05, 3.63) is 86.8 Å². The van der Waals surface area contributed by atoms with Crippen LogP contribution in [0.15, 0.2) is 60.0 Å². The van der Waals surface area contributed by atoms with Crippen molar-refractivity contribution in [3.63, 3.8) is 0 Å². The summed E-state index contributed by atoms with van der Waals surface area (Å²) in [6, 6.07) is 14.3. The molecule has 4 rings (SSSR count). The van der Waals surface area contributed by atoms with Gasteiger partial charge in [0, 0.05) is 16.1 Å². The highest BCUT2D eigenvalue weighted by atomic mass is 35.5. The molecule has 4 nitrogen and oxygen atoms in total. The van der Waals surface area contributed by atoms with Gasteiger partial charge in [-0.3, -0.25) is 9.59 Å². The maximum atomic E-state index is 14.3. The minimum absolute atomic E-state index is 0.142. The van der Waals surface area contributed by atoms with Gasteiger partial charge in [-0.1, -0.05) is 41.9 Å². The minimum atomic E-state index is -2.00. The summed E-state index contributed by atoms with van der Waals surface area (Å²) in [5.74, 6) is -1.53. The molecule has 2 heterocycles. The van der Waals surface area contributed by atoms with Crippen molar-refractivity contribution >= 4 is 40.3 Å². The van der Waals surface area contributed by atoms with Crippen molar-refractivity contribution in [2.24, 2.45) is 0 Å². The SMILES string of the molecule is O=C(C[C@@]1(O)C(=O)N(Cc2c(F)cccc2Cl)c2ccccc21)c1cccs1. The fraction of sp³-hybridized carbons (Fsp3) is 0.143. The predicted molar refractivity (Wildman–Crippen MR) is 106 cm³/mol. The van der Waals surface area contributed by atoms with Crippen LogP contribution in [0.5, 0.6) is 0 Å². The van der Waals surface area contributed by atoms with Crippen molar-refractivity contribution in [1.82, 2.24) is 0 Å². The lowest BCUT2D eigenvalue weighted by atomic mass is 9.89. The van der Waals surface area contributed by atoms with Gasteiger partial charge in [-0.15, -0.1) is 11.3 Å². The average molecular weight is 416 g/mol. The molecule has 0 saturated carbocycles. The van der Waals surface area contributed by atoms with Crippen LogP contribution >= 0.6 is 22.9 Å². The fourth-order valence-corrected chi connectivity index (χ4v) is 4.32. The van der Waals surface area contributed by atoms with Crippen LogP contribution in [-0.4, -0.2) is 16.8 Å². The average Bonchev–Trinajstić information content (AvgIpc) is 3.28. The van der Waals surface area contributed by atoms with Crippen LogP contribution in [0.25, 0.3) is 0 Å². The Morgan fingerprint density at radius 2 is 1.93 bits per heavy atom. The first-order valence-electron chi connectivity index (χ1n) is 8.55. The van der Waals surface area contributed by atoms with Crippen LogP contribution < -0.4 is 4.90 Å². The quantitative estimate of drug-likeness (QED) is 0.622. The lowest BCUT2D eigenvalue weighted by molar-refractivity contribution is -0.136. The highest BCUT2D eigenvalue weighted by Gasteiger charge is 2.51. The minimum Gasteiger partial charge on any atom is -0.375 e. The van der Waals surface area contributed by atoms with E-state index in [-0.39, 0.29) is 29.3 Å². The van der Waals surface area contributed by atoms with Gasteiger partial charge in [0.15, 0.2) is 11.4 Å². The number of Topliss-reactive ketones (excluding diaryl/α,β-unsaturated/α-hetero) is 1. The Morgan fingerprint density at radius 3 is 2.64 bits per heavy atom. The van der Waals surface area contributed by atoms with E-state index in [2.05, 4.69) is 0 Å². The molecule has 0 saturated heterocycles. The molecule has 1 atom stereocenters. The number of rotatable bonds is 5. The molecule has 0 radical (unpaired) electrons. The molecule has 0 unspecified atom stereocenters. The van der Waals surface area contributed by atoms with Crippen LogP contribution in [0.4, 0.5) is 10.1 Å². The maximum absolute atomic E-state index is 14.3. The predicted octanol–water partition coefficient (Wildman–Crippen LogP) is 4.55. The molecule has 1 N–H and O–H groups in total. The molecule has 7 heteroatoms. The molecule has 0 fully saturated rings. The first-order valence-corrected chi connectivity index (χ1v) is 9.81. The number of halogens is 2. The largest absolute Gasteiger partial charge is 0.375 e. The summed E-state index contributed by atoms with van der Waals surface area (Å²) < 4.78 is 14.3. The molecule has 2 aromatic carbocycles. The number of aliphatic hydroxyl groups is 1. The fourth-order valence-electron chi connectivity index (χ4n) is 3.43. The number of carbonyl (C=O) groups excluding carboxylic acids is 2. The summed E-state index contributed by atoms with van der Waals surface area (Å²) in [7, 11) is 0. The van der Waals surface area contributed by atoms with E-state index in [9.17, 15) is 19.1 Å². The van der Waals surface area contributed by atoms with Crippen molar-refractivity contribution < 1.29 is 19.1 Å². The van der Waals surface area contributed by atoms with Crippen LogP contribution in [0.1, 0.15) is 27.2 Å². The van der Waals surface area contributed by atoms with Crippen molar-refractivity contribution in [2.75, 3.05) is 4.90 Å². The highest BCUT2D eigenvalue weighted by molar-refractivity contribution is 7.12. The number of thiophene rings is 1. The third kappa shape index (κ3) is 3.03. The molecule has 28 heavy (non-hydrogen) atoms. The standard InChI is InChI=1S/C21H15ClFNO3S/c22-15-6-3-7-16(23)13(15)12-24-17-8-2-1-5-14(17)21(27,20(24)26)11-18(25)19-9-4-10-28-19/h1-10,27H,11-12H2/t21-/m0/s1. The number of anilines is 1. The van der Waals surface area contributed by atoms with Crippen LogP contribution in [0.2, 0.25) is 5.02 Å². The maximum Gasteiger partial charge on any atom is 0.264 e. The number of hydrogen-bond acceptors (Lipinski definition) is 4. The van der Waals surface area contributed by atoms with E-state index in [4.69, 9.17) is 11.6 Å². The summed E-state index contributed by atoms with van der Waals surface area (Å²) in [6.07, 6.45) is -0.384. The van der Waals surface area contributed by atoms with Gasteiger partial charge in [-0.2, -0.15) is 0 Å². The summed E-state index contributed by atoms with van der Waals surface area (Å²) in [5.41, 5.74) is -1.08. The van der Waals surface area contributed by atoms with Gasteiger partial charge >= 0.3 is 0 Å². The van der Waals surface area contributed by atoms with Crippen molar-refractivity contribution in [2.45, 2.75) is 18.6 Å². The summed E-state index contributed by atoms with van der Waals surface area (Å²) in [6.45, 7) is -0.142. The second-order valence-corrected chi connectivity index (χ2v) is 7.90. The van der Waals surface area contributed by atoms with Crippen molar-refractivity contribution in [1.29, 1.82) is 0 Å². The lowest BCUT2D eigenvalue weighted by Crippen LogP contribution is -2.41. The number of benzene rings is 2. The zero-order chi connectivity index (χ0) is 19.9. The summed E-state index contributed by atoms with van der Waals surface area (Å²) in [4.78, 5) is 27.5. The first kappa shape index (κ1) is 18.8. The van der Waals surface area contributed by atoms with Gasteiger partial charge in [-0.25, -0.2) is 4.39 Å². The molecule has 1 aromatic heterocycles. The number of amides is 1. The smallest absolute Gasteiger partial charge is 0.264 e. The van der Waals surface area contributed by atoms with Gasteiger partial charge in [-0.05, 0) is 29.6 Å². The topological polar surface area (TPSA) is 57.6 Å². The molecule has 0 spiro atoms. The Kier molecular flexibility index (Phi) is 4.79. The van der Waals surface area contributed by atoms with Gasteiger partial charge < -0.3 is 10.0 Å². The molecule has 0 bridgehead atoms. The van der Waals surface area contributed by atoms with Crippen molar-refractivity contribution in [3.8, 4) is 0 Å². The molecule has 1 aliphatic rings. The van der Waals surface area contributed by atoms with Gasteiger partial charge in [0.2, 0.25) is 0 Å². The first-order chi connectivity index (χ1) is 13.4. The second kappa shape index (κ2) is 7.13. The molecule has 3 aromatic rings. The highest BCUT2D eigenvalue weighted by Crippen LogP contribution is 2.44. The number of fused-ring (bicyclic) bond motifs is 1. The molecule has 1 amide bonds. The van der Waals surface area contributed by atoms with E-state index in [0.717, 1.165) is 0 Å². The Bertz CT molecular complexity index is 1050. The van der Waals surface area contributed by atoms with Crippen LogP contribution in [0, 0.1) is 5.82 Å². The van der Waals surface area contributed by atoms with E-state index in [0.29, 0.717) is 16.1 Å². The third-order valence-corrected chi connectivity index (χ3v) is 6.09. The molecule has 1 aliphatic heterocycles. The zero-order valence-corrected chi connectivity index (χ0v) is 16.1. The van der Waals surface area contributed by atoms with Gasteiger partial charge in [0.1, 0.15) is 5.82 Å². The lowest BCUT2D eigenvalue weighted by Gasteiger charge is -2.23. The Hall–Kier alpha value is -2.54. The summed E-state index contributed by atoms with van der Waals surface area (Å²) in [5, 5.41) is 13.2. The third-order valence-electron chi connectivity index (χ3n) is 4.83. The second-order valence-electron chi connectivity index (χ2n) is 6.55. The van der Waals surface area contributed by atoms with E-state index in [1.807, 2.05) is 0 Å². The van der Waals surface area contributed by atoms with Crippen LogP contribution in [-0.2, 0) is 16.9 Å².